The first-order chi connectivity index (χ1) is 7.78. The minimum absolute atomic E-state index is 0.283. The lowest BCUT2D eigenvalue weighted by Crippen LogP contribution is -2.34. The third kappa shape index (κ3) is 4.49. The van der Waals surface area contributed by atoms with E-state index in [1.807, 2.05) is 5.48 Å². The molecule has 7 nitrogen and oxygen atoms in total. The molecule has 0 bridgehead atoms. The monoisotopic (exact) mass is 244 g/mol. The van der Waals surface area contributed by atoms with Crippen LogP contribution in [-0.4, -0.2) is 21.7 Å². The fourth-order valence-electron chi connectivity index (χ4n) is 0.799. The van der Waals surface area contributed by atoms with Crippen LogP contribution < -0.4 is 16.1 Å². The number of anilines is 1. The van der Waals surface area contributed by atoms with Gasteiger partial charge in [-0.15, -0.1) is 5.48 Å². The molecule has 1 rings (SSSR count). The molecular formula is C9H13FN4O3. The Bertz CT molecular complexity index is 419. The van der Waals surface area contributed by atoms with Gasteiger partial charge in [-0.05, 0) is 20.8 Å². The van der Waals surface area contributed by atoms with Gasteiger partial charge in [0.1, 0.15) is 5.60 Å². The maximum Gasteiger partial charge on any atom is 0.441 e. The van der Waals surface area contributed by atoms with Crippen LogP contribution in [0.5, 0.6) is 6.01 Å². The topological polar surface area (TPSA) is 99.4 Å². The number of rotatable bonds is 2. The number of nitrogens with two attached hydrogens (primary N) is 1. The Hall–Kier alpha value is -2.12. The second-order valence-corrected chi connectivity index (χ2v) is 4.09. The van der Waals surface area contributed by atoms with Crippen molar-refractivity contribution in [2.75, 3.05) is 5.73 Å². The molecule has 0 aromatic carbocycles. The minimum atomic E-state index is -0.816. The van der Waals surface area contributed by atoms with Gasteiger partial charge in [0.05, 0.1) is 6.20 Å². The predicted octanol–water partition coefficient (Wildman–Crippen LogP) is 1.02. The molecule has 0 aliphatic rings. The SMILES string of the molecule is CC(C)(C)OC(=O)NOc1ncc(F)c(N)n1. The molecule has 0 aliphatic carbocycles. The molecule has 0 radical (unpaired) electrons. The fraction of sp³-hybridized carbons (Fsp3) is 0.444. The van der Waals surface area contributed by atoms with E-state index in [0.717, 1.165) is 6.20 Å². The van der Waals surface area contributed by atoms with Crippen molar-refractivity contribution in [1.29, 1.82) is 0 Å². The third-order valence-electron chi connectivity index (χ3n) is 1.37. The molecular weight excluding hydrogens is 231 g/mol. The van der Waals surface area contributed by atoms with Gasteiger partial charge in [0.25, 0.3) is 0 Å². The normalized spacial score (nSPS) is 10.8. The van der Waals surface area contributed by atoms with Crippen molar-refractivity contribution in [3.05, 3.63) is 12.0 Å². The standard InChI is InChI=1S/C9H13FN4O3/c1-9(2,3)16-8(15)14-17-7-12-4-5(10)6(11)13-7/h4H,1-3H3,(H,14,15)(H2,11,12,13). The quantitative estimate of drug-likeness (QED) is 0.753. The number of hydroxylamine groups is 1. The van der Waals surface area contributed by atoms with Gasteiger partial charge in [-0.3, -0.25) is 0 Å². The van der Waals surface area contributed by atoms with E-state index in [2.05, 4.69) is 14.8 Å². The number of nitrogen functional groups attached to an aromatic ring is 1. The summed E-state index contributed by atoms with van der Waals surface area (Å²) in [6.45, 7) is 5.08. The summed E-state index contributed by atoms with van der Waals surface area (Å²) in [5.74, 6) is -1.14. The van der Waals surface area contributed by atoms with Gasteiger partial charge in [0, 0.05) is 0 Å². The molecule has 0 unspecified atom stereocenters. The highest BCUT2D eigenvalue weighted by Crippen LogP contribution is 2.09. The average Bonchev–Trinajstić information content (AvgIpc) is 2.17. The largest absolute Gasteiger partial charge is 0.442 e. The van der Waals surface area contributed by atoms with Gasteiger partial charge in [-0.1, -0.05) is 0 Å². The van der Waals surface area contributed by atoms with Crippen molar-refractivity contribution in [2.24, 2.45) is 0 Å². The highest BCUT2D eigenvalue weighted by Gasteiger charge is 2.16. The number of nitrogens with one attached hydrogen (secondary N) is 1. The molecule has 94 valence electrons. The zero-order valence-corrected chi connectivity index (χ0v) is 9.65. The number of halogens is 1. The van der Waals surface area contributed by atoms with Crippen molar-refractivity contribution in [1.82, 2.24) is 15.4 Å². The highest BCUT2D eigenvalue weighted by atomic mass is 19.1. The van der Waals surface area contributed by atoms with Gasteiger partial charge in [-0.2, -0.15) is 9.97 Å². The summed E-state index contributed by atoms with van der Waals surface area (Å²) in [5, 5.41) is 0. The maximum absolute atomic E-state index is 12.7. The molecule has 0 saturated carbocycles. The molecule has 3 N–H and O–H groups in total. The van der Waals surface area contributed by atoms with E-state index in [4.69, 9.17) is 10.5 Å². The summed E-state index contributed by atoms with van der Waals surface area (Å²) in [4.78, 5) is 22.7. The van der Waals surface area contributed by atoms with Crippen molar-refractivity contribution in [3.63, 3.8) is 0 Å². The molecule has 17 heavy (non-hydrogen) atoms. The van der Waals surface area contributed by atoms with E-state index in [1.165, 1.54) is 0 Å². The maximum atomic E-state index is 12.7. The van der Waals surface area contributed by atoms with E-state index >= 15 is 0 Å². The van der Waals surface area contributed by atoms with Crippen LogP contribution in [0.15, 0.2) is 6.20 Å². The Morgan fingerprint density at radius 2 is 2.18 bits per heavy atom. The number of carbonyl (C=O) groups is 1. The van der Waals surface area contributed by atoms with Gasteiger partial charge in [0.2, 0.25) is 0 Å². The van der Waals surface area contributed by atoms with Crippen LogP contribution >= 0.6 is 0 Å². The zero-order chi connectivity index (χ0) is 13.1. The number of aromatic nitrogens is 2. The smallest absolute Gasteiger partial charge is 0.441 e. The molecule has 0 atom stereocenters. The Kier molecular flexibility index (Phi) is 3.66. The number of hydrogen-bond donors (Lipinski definition) is 2. The van der Waals surface area contributed by atoms with Crippen LogP contribution in [0.25, 0.3) is 0 Å². The average molecular weight is 244 g/mol. The minimum Gasteiger partial charge on any atom is -0.442 e. The first-order valence-corrected chi connectivity index (χ1v) is 4.72. The van der Waals surface area contributed by atoms with E-state index in [9.17, 15) is 9.18 Å². The second-order valence-electron chi connectivity index (χ2n) is 4.09. The van der Waals surface area contributed by atoms with E-state index in [-0.39, 0.29) is 11.8 Å². The Balaban J connectivity index is 2.50. The molecule has 1 amide bonds. The van der Waals surface area contributed by atoms with Crippen LogP contribution in [0.2, 0.25) is 0 Å². The summed E-state index contributed by atoms with van der Waals surface area (Å²) in [5.41, 5.74) is 6.46. The number of ether oxygens (including phenoxy) is 1. The summed E-state index contributed by atoms with van der Waals surface area (Å²) >= 11 is 0. The summed E-state index contributed by atoms with van der Waals surface area (Å²) in [6, 6.07) is -0.283. The van der Waals surface area contributed by atoms with E-state index in [0.29, 0.717) is 0 Å². The third-order valence-corrected chi connectivity index (χ3v) is 1.37. The fourth-order valence-corrected chi connectivity index (χ4v) is 0.799. The first kappa shape index (κ1) is 12.9. The second kappa shape index (κ2) is 4.81. The Labute approximate surface area is 97.1 Å². The van der Waals surface area contributed by atoms with Crippen LogP contribution in [0.3, 0.4) is 0 Å². The molecule has 0 spiro atoms. The van der Waals surface area contributed by atoms with Crippen LogP contribution in [-0.2, 0) is 4.74 Å². The molecule has 1 aromatic rings. The molecule has 0 fully saturated rings. The number of carbonyl (C=O) groups excluding carboxylic acids is 1. The van der Waals surface area contributed by atoms with Crippen molar-refractivity contribution < 1.29 is 18.8 Å². The summed E-state index contributed by atoms with van der Waals surface area (Å²) < 4.78 is 17.6. The van der Waals surface area contributed by atoms with E-state index in [1.54, 1.807) is 20.8 Å². The zero-order valence-electron chi connectivity index (χ0n) is 9.65. The summed E-state index contributed by atoms with van der Waals surface area (Å²) in [6.07, 6.45) is 0.0121. The van der Waals surface area contributed by atoms with Crippen molar-refractivity contribution in [3.8, 4) is 6.01 Å². The van der Waals surface area contributed by atoms with Crippen LogP contribution in [0.1, 0.15) is 20.8 Å². The Morgan fingerprint density at radius 1 is 1.53 bits per heavy atom. The number of nitrogens with zero attached hydrogens (tertiary/aromatic N) is 2. The summed E-state index contributed by atoms with van der Waals surface area (Å²) in [7, 11) is 0. The molecule has 8 heteroatoms. The van der Waals surface area contributed by atoms with E-state index < -0.39 is 17.5 Å². The lowest BCUT2D eigenvalue weighted by Gasteiger charge is -2.19. The highest BCUT2D eigenvalue weighted by molar-refractivity contribution is 5.66. The number of amides is 1. The molecule has 1 aromatic heterocycles. The molecule has 0 saturated heterocycles. The number of hydrogen-bond acceptors (Lipinski definition) is 6. The van der Waals surface area contributed by atoms with Crippen LogP contribution in [0, 0.1) is 5.82 Å². The van der Waals surface area contributed by atoms with Gasteiger partial charge < -0.3 is 15.3 Å². The Morgan fingerprint density at radius 3 is 2.71 bits per heavy atom. The molecule has 0 aliphatic heterocycles. The van der Waals surface area contributed by atoms with Gasteiger partial charge in [0.15, 0.2) is 11.6 Å². The van der Waals surface area contributed by atoms with Gasteiger partial charge >= 0.3 is 12.1 Å². The van der Waals surface area contributed by atoms with Gasteiger partial charge in [-0.25, -0.2) is 9.18 Å². The lowest BCUT2D eigenvalue weighted by atomic mass is 10.2. The van der Waals surface area contributed by atoms with Crippen molar-refractivity contribution in [2.45, 2.75) is 26.4 Å². The van der Waals surface area contributed by atoms with Crippen molar-refractivity contribution >= 4 is 11.9 Å². The lowest BCUT2D eigenvalue weighted by molar-refractivity contribution is 0.0268. The first-order valence-electron chi connectivity index (χ1n) is 4.72. The molecule has 1 heterocycles. The predicted molar refractivity (Wildman–Crippen MR) is 56.4 cm³/mol. The van der Waals surface area contributed by atoms with Crippen LogP contribution in [0.4, 0.5) is 15.0 Å².